The maximum atomic E-state index is 13.0. The summed E-state index contributed by atoms with van der Waals surface area (Å²) in [7, 11) is 3.16. The fraction of sp³-hybridized carbons (Fsp3) is 0.174. The summed E-state index contributed by atoms with van der Waals surface area (Å²) in [4.78, 5) is 22.3. The van der Waals surface area contributed by atoms with Gasteiger partial charge in [-0.05, 0) is 24.3 Å². The SMILES string of the molecule is CN=CC(=CN)c1cc(OC(F)F)c(=N)n(C(=N)Sc2ccc3ncc4c(c3c2)OCC(=O)N4C)c1. The van der Waals surface area contributed by atoms with E-state index >= 15 is 0 Å². The van der Waals surface area contributed by atoms with Gasteiger partial charge in [0, 0.05) is 54.1 Å². The first-order chi connectivity index (χ1) is 17.2. The van der Waals surface area contributed by atoms with E-state index in [-0.39, 0.29) is 17.7 Å². The van der Waals surface area contributed by atoms with E-state index in [0.29, 0.717) is 38.4 Å². The average Bonchev–Trinajstić information content (AvgIpc) is 2.85. The first kappa shape index (κ1) is 24.9. The molecule has 3 heterocycles. The number of nitrogens with one attached hydrogen (secondary N) is 2. The molecule has 0 unspecified atom stereocenters. The summed E-state index contributed by atoms with van der Waals surface area (Å²) in [6.07, 6.45) is 5.64. The van der Waals surface area contributed by atoms with Gasteiger partial charge in [-0.1, -0.05) is 11.8 Å². The highest BCUT2D eigenvalue weighted by atomic mass is 32.2. The van der Waals surface area contributed by atoms with E-state index in [1.807, 2.05) is 0 Å². The number of rotatable bonds is 5. The summed E-state index contributed by atoms with van der Waals surface area (Å²) in [5.41, 5.74) is 7.10. The molecule has 0 saturated carbocycles. The van der Waals surface area contributed by atoms with E-state index in [9.17, 15) is 13.6 Å². The molecule has 36 heavy (non-hydrogen) atoms. The van der Waals surface area contributed by atoms with Crippen LogP contribution in [0, 0.1) is 10.8 Å². The van der Waals surface area contributed by atoms with Crippen molar-refractivity contribution in [2.45, 2.75) is 11.5 Å². The Labute approximate surface area is 208 Å². The van der Waals surface area contributed by atoms with Gasteiger partial charge in [0.05, 0.1) is 11.7 Å². The summed E-state index contributed by atoms with van der Waals surface area (Å²) >= 11 is 0.982. The number of carbonyl (C=O) groups is 1. The van der Waals surface area contributed by atoms with Gasteiger partial charge in [0.15, 0.2) is 28.8 Å². The molecule has 3 aromatic rings. The Kier molecular flexibility index (Phi) is 7.01. The molecule has 0 radical (unpaired) electrons. The van der Waals surface area contributed by atoms with Gasteiger partial charge >= 0.3 is 6.61 Å². The molecule has 1 aliphatic heterocycles. The lowest BCUT2D eigenvalue weighted by atomic mass is 10.1. The molecule has 1 amide bonds. The van der Waals surface area contributed by atoms with E-state index in [1.54, 1.807) is 31.4 Å². The van der Waals surface area contributed by atoms with Crippen molar-refractivity contribution in [3.63, 3.8) is 0 Å². The molecule has 0 atom stereocenters. The van der Waals surface area contributed by atoms with Crippen molar-refractivity contribution in [1.29, 1.82) is 10.8 Å². The normalized spacial score (nSPS) is 13.9. The van der Waals surface area contributed by atoms with E-state index in [2.05, 4.69) is 14.7 Å². The standard InChI is InChI=1S/C23H21F2N7O3S/c1-29-8-13(7-26)12-5-18(35-22(24)25)21(27)32(10-12)23(28)36-14-3-4-16-15(6-14)20-17(9-30-16)31(2)19(33)11-34-20/h3-10,22,27-28H,11,26H2,1-2H3. The number of aliphatic imine (C=N–C) groups is 1. The molecular weight excluding hydrogens is 492 g/mol. The number of nitrogens with zero attached hydrogens (tertiary/aromatic N) is 4. The Morgan fingerprint density at radius 2 is 2.17 bits per heavy atom. The van der Waals surface area contributed by atoms with E-state index < -0.39 is 17.8 Å². The number of anilines is 1. The van der Waals surface area contributed by atoms with Crippen molar-refractivity contribution in [3.8, 4) is 11.5 Å². The fourth-order valence-electron chi connectivity index (χ4n) is 3.54. The third kappa shape index (κ3) is 4.77. The summed E-state index contributed by atoms with van der Waals surface area (Å²) in [5, 5.41) is 17.4. The lowest BCUT2D eigenvalue weighted by Crippen LogP contribution is -2.35. The molecule has 4 N–H and O–H groups in total. The topological polar surface area (TPSA) is 143 Å². The van der Waals surface area contributed by atoms with Crippen LogP contribution in [0.4, 0.5) is 14.5 Å². The van der Waals surface area contributed by atoms with Gasteiger partial charge in [0.25, 0.3) is 5.91 Å². The number of likely N-dealkylation sites (N-methyl/N-ethyl adjacent to an activating group) is 1. The maximum absolute atomic E-state index is 13.0. The van der Waals surface area contributed by atoms with Crippen molar-refractivity contribution < 1.29 is 23.0 Å². The number of aromatic nitrogens is 2. The number of pyridine rings is 2. The number of fused-ring (bicyclic) bond motifs is 3. The zero-order valence-electron chi connectivity index (χ0n) is 19.2. The molecule has 0 fully saturated rings. The summed E-state index contributed by atoms with van der Waals surface area (Å²) in [6.45, 7) is -3.26. The van der Waals surface area contributed by atoms with Gasteiger partial charge in [0.1, 0.15) is 5.69 Å². The van der Waals surface area contributed by atoms with Crippen molar-refractivity contribution in [2.24, 2.45) is 10.7 Å². The predicted octanol–water partition coefficient (Wildman–Crippen LogP) is 3.05. The smallest absolute Gasteiger partial charge is 0.387 e. The molecule has 2 aromatic heterocycles. The highest BCUT2D eigenvalue weighted by Gasteiger charge is 2.25. The number of nitrogens with two attached hydrogens (primary N) is 1. The Morgan fingerprint density at radius 1 is 1.39 bits per heavy atom. The first-order valence-corrected chi connectivity index (χ1v) is 11.2. The molecule has 4 rings (SSSR count). The molecule has 0 bridgehead atoms. The van der Waals surface area contributed by atoms with E-state index in [0.717, 1.165) is 16.3 Å². The van der Waals surface area contributed by atoms with Crippen LogP contribution in [0.15, 0.2) is 52.7 Å². The maximum Gasteiger partial charge on any atom is 0.387 e. The lowest BCUT2D eigenvalue weighted by molar-refractivity contribution is -0.120. The number of carbonyl (C=O) groups excluding carboxylic acids is 1. The van der Waals surface area contributed by atoms with Gasteiger partial charge in [-0.3, -0.25) is 30.2 Å². The van der Waals surface area contributed by atoms with Crippen LogP contribution >= 0.6 is 11.8 Å². The predicted molar refractivity (Wildman–Crippen MR) is 133 cm³/mol. The number of ether oxygens (including phenoxy) is 2. The highest BCUT2D eigenvalue weighted by Crippen LogP contribution is 2.38. The summed E-state index contributed by atoms with van der Waals surface area (Å²) < 4.78 is 37.3. The molecule has 10 nitrogen and oxygen atoms in total. The van der Waals surface area contributed by atoms with Gasteiger partial charge in [0.2, 0.25) is 0 Å². The van der Waals surface area contributed by atoms with Gasteiger partial charge < -0.3 is 20.1 Å². The Bertz CT molecular complexity index is 1490. The second-order valence-electron chi connectivity index (χ2n) is 7.50. The Balaban J connectivity index is 1.75. The van der Waals surface area contributed by atoms with Crippen molar-refractivity contribution in [2.75, 3.05) is 25.6 Å². The average molecular weight is 514 g/mol. The lowest BCUT2D eigenvalue weighted by Gasteiger charge is -2.26. The number of hydrogen-bond acceptors (Lipinski definition) is 9. The van der Waals surface area contributed by atoms with E-state index in [4.69, 9.17) is 21.3 Å². The zero-order valence-corrected chi connectivity index (χ0v) is 20.0. The van der Waals surface area contributed by atoms with Gasteiger partial charge in [-0.15, -0.1) is 0 Å². The largest absolute Gasteiger partial charge is 0.481 e. The number of halogens is 2. The van der Waals surface area contributed by atoms with E-state index in [1.165, 1.54) is 36.6 Å². The molecule has 1 aromatic carbocycles. The number of thioether (sulfide) groups is 1. The number of benzene rings is 1. The molecule has 0 saturated heterocycles. The minimum absolute atomic E-state index is 0.106. The van der Waals surface area contributed by atoms with Crippen molar-refractivity contribution >= 4 is 51.2 Å². The number of alkyl halides is 2. The van der Waals surface area contributed by atoms with Crippen molar-refractivity contribution in [3.05, 3.63) is 53.9 Å². The molecular formula is C23H21F2N7O3S. The van der Waals surface area contributed by atoms with Crippen LogP contribution in [-0.4, -0.2) is 54.2 Å². The highest BCUT2D eigenvalue weighted by molar-refractivity contribution is 8.13. The van der Waals surface area contributed by atoms with Crippen LogP contribution in [0.25, 0.3) is 16.5 Å². The van der Waals surface area contributed by atoms with Crippen molar-refractivity contribution in [1.82, 2.24) is 9.55 Å². The molecule has 1 aliphatic rings. The minimum Gasteiger partial charge on any atom is -0.481 e. The first-order valence-electron chi connectivity index (χ1n) is 10.4. The molecule has 0 spiro atoms. The van der Waals surface area contributed by atoms with Crippen LogP contribution in [0.5, 0.6) is 11.5 Å². The molecule has 13 heteroatoms. The number of allylic oxidation sites excluding steroid dienone is 1. The molecule has 186 valence electrons. The quantitative estimate of drug-likeness (QED) is 0.272. The number of hydrogen-bond donors (Lipinski definition) is 3. The second kappa shape index (κ2) is 10.2. The van der Waals surface area contributed by atoms with Crippen LogP contribution in [-0.2, 0) is 4.79 Å². The second-order valence-corrected chi connectivity index (χ2v) is 8.56. The Hall–Kier alpha value is -4.26. The third-order valence-electron chi connectivity index (χ3n) is 5.31. The van der Waals surface area contributed by atoms with Gasteiger partial charge in [-0.25, -0.2) is 0 Å². The number of amides is 1. The van der Waals surface area contributed by atoms with Crippen LogP contribution in [0.1, 0.15) is 5.56 Å². The minimum atomic E-state index is -3.16. The summed E-state index contributed by atoms with van der Waals surface area (Å²) in [6, 6.07) is 6.47. The third-order valence-corrected chi connectivity index (χ3v) is 6.19. The monoisotopic (exact) mass is 513 g/mol. The van der Waals surface area contributed by atoms with Crippen LogP contribution in [0.3, 0.4) is 0 Å². The summed E-state index contributed by atoms with van der Waals surface area (Å²) in [5.74, 6) is -0.123. The fourth-order valence-corrected chi connectivity index (χ4v) is 4.32. The van der Waals surface area contributed by atoms with Crippen LogP contribution in [0.2, 0.25) is 0 Å². The zero-order chi connectivity index (χ0) is 26.0. The van der Waals surface area contributed by atoms with Gasteiger partial charge in [-0.2, -0.15) is 8.78 Å². The van der Waals surface area contributed by atoms with Crippen LogP contribution < -0.4 is 25.6 Å². The Morgan fingerprint density at radius 3 is 2.86 bits per heavy atom. The molecule has 0 aliphatic carbocycles.